The normalized spacial score (nSPS) is 22.2. The zero-order chi connectivity index (χ0) is 15.6. The van der Waals surface area contributed by atoms with E-state index in [1.54, 1.807) is 0 Å². The van der Waals surface area contributed by atoms with Gasteiger partial charge in [0.1, 0.15) is 0 Å². The van der Waals surface area contributed by atoms with Crippen molar-refractivity contribution in [3.63, 3.8) is 0 Å². The van der Waals surface area contributed by atoms with Gasteiger partial charge in [0, 0.05) is 12.0 Å². The molecular formula is C15H15F3O3. The maximum Gasteiger partial charge on any atom is 0.417 e. The van der Waals surface area contributed by atoms with E-state index in [4.69, 9.17) is 5.11 Å². The Morgan fingerprint density at radius 3 is 2.48 bits per heavy atom. The first kappa shape index (κ1) is 15.5. The first-order chi connectivity index (χ1) is 9.80. The summed E-state index contributed by atoms with van der Waals surface area (Å²) in [6, 6.07) is 4.63. The standard InChI is InChI=1S/C15H15F3O3/c16-15(17,18)12-7-2-1-5-11(12)13(19)8-9-4-3-6-10(9)14(20)21/h1-2,5,7,9-10H,3-4,6,8H2,(H,20,21). The van der Waals surface area contributed by atoms with E-state index in [-0.39, 0.29) is 17.9 Å². The quantitative estimate of drug-likeness (QED) is 0.861. The van der Waals surface area contributed by atoms with Gasteiger partial charge in [0.05, 0.1) is 11.5 Å². The minimum absolute atomic E-state index is 0.149. The molecule has 0 aromatic heterocycles. The number of ketones is 1. The molecule has 0 aliphatic heterocycles. The molecule has 1 N–H and O–H groups in total. The number of halogens is 3. The van der Waals surface area contributed by atoms with Crippen molar-refractivity contribution >= 4 is 11.8 Å². The van der Waals surface area contributed by atoms with Crippen LogP contribution in [0.25, 0.3) is 0 Å². The van der Waals surface area contributed by atoms with E-state index in [1.165, 1.54) is 12.1 Å². The fourth-order valence-electron chi connectivity index (χ4n) is 2.93. The molecule has 1 aliphatic carbocycles. The van der Waals surface area contributed by atoms with Gasteiger partial charge in [-0.1, -0.05) is 24.6 Å². The van der Waals surface area contributed by atoms with Gasteiger partial charge in [-0.2, -0.15) is 13.2 Å². The van der Waals surface area contributed by atoms with E-state index < -0.39 is 29.4 Å². The molecule has 3 nitrogen and oxygen atoms in total. The van der Waals surface area contributed by atoms with Gasteiger partial charge in [-0.25, -0.2) is 0 Å². The summed E-state index contributed by atoms with van der Waals surface area (Å²) in [7, 11) is 0. The molecule has 1 aromatic rings. The third-order valence-corrected chi connectivity index (χ3v) is 3.96. The van der Waals surface area contributed by atoms with Gasteiger partial charge in [-0.15, -0.1) is 0 Å². The number of alkyl halides is 3. The number of hydrogen-bond acceptors (Lipinski definition) is 2. The van der Waals surface area contributed by atoms with E-state index in [1.807, 2.05) is 0 Å². The van der Waals surface area contributed by atoms with Crippen molar-refractivity contribution in [1.82, 2.24) is 0 Å². The minimum Gasteiger partial charge on any atom is -0.481 e. The van der Waals surface area contributed by atoms with Crippen LogP contribution in [0.15, 0.2) is 24.3 Å². The summed E-state index contributed by atoms with van der Waals surface area (Å²) in [5.41, 5.74) is -1.33. The number of carbonyl (C=O) groups is 2. The lowest BCUT2D eigenvalue weighted by molar-refractivity contribution is -0.143. The molecule has 114 valence electrons. The summed E-state index contributed by atoms with van der Waals surface area (Å²) in [5, 5.41) is 9.06. The predicted molar refractivity (Wildman–Crippen MR) is 68.9 cm³/mol. The Bertz CT molecular complexity index is 551. The Balaban J connectivity index is 2.20. The van der Waals surface area contributed by atoms with Crippen LogP contribution in [0.2, 0.25) is 0 Å². The second kappa shape index (κ2) is 5.87. The van der Waals surface area contributed by atoms with Crippen LogP contribution in [0.3, 0.4) is 0 Å². The molecule has 1 aromatic carbocycles. The highest BCUT2D eigenvalue weighted by molar-refractivity contribution is 5.98. The van der Waals surface area contributed by atoms with Crippen LogP contribution in [0.5, 0.6) is 0 Å². The summed E-state index contributed by atoms with van der Waals surface area (Å²) < 4.78 is 38.6. The lowest BCUT2D eigenvalue weighted by Gasteiger charge is -2.16. The molecule has 6 heteroatoms. The van der Waals surface area contributed by atoms with E-state index in [2.05, 4.69) is 0 Å². The average molecular weight is 300 g/mol. The third kappa shape index (κ3) is 3.43. The monoisotopic (exact) mass is 300 g/mol. The summed E-state index contributed by atoms with van der Waals surface area (Å²) in [4.78, 5) is 23.2. The van der Waals surface area contributed by atoms with E-state index in [0.717, 1.165) is 12.1 Å². The highest BCUT2D eigenvalue weighted by Gasteiger charge is 2.38. The maximum atomic E-state index is 12.9. The van der Waals surface area contributed by atoms with Crippen LogP contribution >= 0.6 is 0 Å². The third-order valence-electron chi connectivity index (χ3n) is 3.96. The zero-order valence-electron chi connectivity index (χ0n) is 11.2. The van der Waals surface area contributed by atoms with Gasteiger partial charge in [0.15, 0.2) is 5.78 Å². The van der Waals surface area contributed by atoms with Crippen LogP contribution < -0.4 is 0 Å². The number of carboxylic acid groups (broad SMARTS) is 1. The van der Waals surface area contributed by atoms with Crippen LogP contribution in [0.1, 0.15) is 41.6 Å². The molecule has 0 heterocycles. The SMILES string of the molecule is O=C(CC1CCCC1C(=O)O)c1ccccc1C(F)(F)F. The minimum atomic E-state index is -4.59. The molecule has 0 bridgehead atoms. The molecule has 2 unspecified atom stereocenters. The molecule has 0 spiro atoms. The fourth-order valence-corrected chi connectivity index (χ4v) is 2.93. The van der Waals surface area contributed by atoms with Crippen LogP contribution in [-0.4, -0.2) is 16.9 Å². The largest absolute Gasteiger partial charge is 0.481 e. The Morgan fingerprint density at radius 2 is 1.86 bits per heavy atom. The second-order valence-corrected chi connectivity index (χ2v) is 5.31. The summed E-state index contributed by atoms with van der Waals surface area (Å²) in [6.45, 7) is 0. The molecule has 0 radical (unpaired) electrons. The zero-order valence-corrected chi connectivity index (χ0v) is 11.2. The second-order valence-electron chi connectivity index (χ2n) is 5.31. The highest BCUT2D eigenvalue weighted by Crippen LogP contribution is 2.37. The van der Waals surface area contributed by atoms with E-state index in [9.17, 15) is 22.8 Å². The van der Waals surface area contributed by atoms with Crippen molar-refractivity contribution in [2.45, 2.75) is 31.9 Å². The first-order valence-corrected chi connectivity index (χ1v) is 6.73. The number of rotatable bonds is 4. The van der Waals surface area contributed by atoms with Gasteiger partial charge in [-0.05, 0) is 24.8 Å². The lowest BCUT2D eigenvalue weighted by atomic mass is 9.88. The lowest BCUT2D eigenvalue weighted by Crippen LogP contribution is -2.22. The van der Waals surface area contributed by atoms with E-state index in [0.29, 0.717) is 19.3 Å². The topological polar surface area (TPSA) is 54.4 Å². The average Bonchev–Trinajstić information content (AvgIpc) is 2.86. The predicted octanol–water partition coefficient (Wildman–Crippen LogP) is 3.78. The van der Waals surface area contributed by atoms with Crippen molar-refractivity contribution in [2.24, 2.45) is 11.8 Å². The van der Waals surface area contributed by atoms with Gasteiger partial charge in [0.25, 0.3) is 0 Å². The molecule has 0 saturated heterocycles. The maximum absolute atomic E-state index is 12.9. The Labute approximate surface area is 119 Å². The van der Waals surface area contributed by atoms with Gasteiger partial charge in [0.2, 0.25) is 0 Å². The molecule has 1 aliphatic rings. The smallest absolute Gasteiger partial charge is 0.417 e. The number of carboxylic acids is 1. The van der Waals surface area contributed by atoms with E-state index >= 15 is 0 Å². The molecule has 1 saturated carbocycles. The van der Waals surface area contributed by atoms with Crippen molar-refractivity contribution in [1.29, 1.82) is 0 Å². The van der Waals surface area contributed by atoms with Gasteiger partial charge < -0.3 is 5.11 Å². The van der Waals surface area contributed by atoms with Crippen LogP contribution in [0, 0.1) is 11.8 Å². The summed E-state index contributed by atoms with van der Waals surface area (Å²) in [6.07, 6.45) is -3.00. The molecule has 0 amide bonds. The van der Waals surface area contributed by atoms with Crippen molar-refractivity contribution < 1.29 is 27.9 Å². The Hall–Kier alpha value is -1.85. The molecule has 1 fully saturated rings. The van der Waals surface area contributed by atoms with Crippen LogP contribution in [0.4, 0.5) is 13.2 Å². The summed E-state index contributed by atoms with van der Waals surface area (Å²) in [5.74, 6) is -2.63. The molecule has 2 rings (SSSR count). The number of hydrogen-bond donors (Lipinski definition) is 1. The number of benzene rings is 1. The number of Topliss-reactive ketones (excluding diaryl/α,β-unsaturated/α-hetero) is 1. The Morgan fingerprint density at radius 1 is 1.19 bits per heavy atom. The van der Waals surface area contributed by atoms with Crippen molar-refractivity contribution in [2.75, 3.05) is 0 Å². The number of carbonyl (C=O) groups excluding carboxylic acids is 1. The number of aliphatic carboxylic acids is 1. The molecule has 2 atom stereocenters. The van der Waals surface area contributed by atoms with Crippen molar-refractivity contribution in [3.8, 4) is 0 Å². The highest BCUT2D eigenvalue weighted by atomic mass is 19.4. The molecule has 21 heavy (non-hydrogen) atoms. The molecular weight excluding hydrogens is 285 g/mol. The van der Waals surface area contributed by atoms with Crippen LogP contribution in [-0.2, 0) is 11.0 Å². The Kier molecular flexibility index (Phi) is 4.34. The van der Waals surface area contributed by atoms with Gasteiger partial charge >= 0.3 is 12.1 Å². The van der Waals surface area contributed by atoms with Gasteiger partial charge in [-0.3, -0.25) is 9.59 Å². The summed E-state index contributed by atoms with van der Waals surface area (Å²) >= 11 is 0. The fraction of sp³-hybridized carbons (Fsp3) is 0.467. The van der Waals surface area contributed by atoms with Crippen molar-refractivity contribution in [3.05, 3.63) is 35.4 Å². The first-order valence-electron chi connectivity index (χ1n) is 6.73.